The number of rotatable bonds is 4. The first kappa shape index (κ1) is 20.9. The molecule has 0 amide bonds. The predicted octanol–water partition coefficient (Wildman–Crippen LogP) is 4.72. The summed E-state index contributed by atoms with van der Waals surface area (Å²) in [6.07, 6.45) is 4.21. The maximum absolute atomic E-state index is 10.7. The maximum Gasteiger partial charge on any atom is 0.226 e. The lowest BCUT2D eigenvalue weighted by Gasteiger charge is -2.42. The van der Waals surface area contributed by atoms with Crippen molar-refractivity contribution in [3.63, 3.8) is 0 Å². The molecule has 0 spiro atoms. The van der Waals surface area contributed by atoms with Gasteiger partial charge in [0.2, 0.25) is 5.95 Å². The summed E-state index contributed by atoms with van der Waals surface area (Å²) in [6, 6.07) is 11.2. The van der Waals surface area contributed by atoms with E-state index in [9.17, 15) is 5.11 Å². The number of anilines is 1. The zero-order chi connectivity index (χ0) is 21.4. The quantitative estimate of drug-likeness (QED) is 0.641. The average molecular weight is 437 g/mol. The Labute approximate surface area is 188 Å². The van der Waals surface area contributed by atoms with Gasteiger partial charge in [0, 0.05) is 29.4 Å². The third-order valence-corrected chi connectivity index (χ3v) is 8.09. The Morgan fingerprint density at radius 2 is 1.77 bits per heavy atom. The fourth-order valence-corrected chi connectivity index (χ4v) is 6.05. The number of aliphatic hydroxyl groups is 1. The molecule has 4 heterocycles. The van der Waals surface area contributed by atoms with Gasteiger partial charge in [-0.05, 0) is 82.1 Å². The van der Waals surface area contributed by atoms with Gasteiger partial charge in [0.25, 0.3) is 0 Å². The van der Waals surface area contributed by atoms with E-state index >= 15 is 0 Å². The first-order chi connectivity index (χ1) is 15.1. The van der Waals surface area contributed by atoms with E-state index in [1.54, 1.807) is 11.3 Å². The molecule has 1 unspecified atom stereocenters. The highest BCUT2D eigenvalue weighted by atomic mass is 32.1. The van der Waals surface area contributed by atoms with E-state index in [0.29, 0.717) is 12.0 Å². The van der Waals surface area contributed by atoms with Gasteiger partial charge in [0.15, 0.2) is 0 Å². The molecule has 1 N–H and O–H groups in total. The number of aromatic nitrogens is 2. The second-order valence-electron chi connectivity index (χ2n) is 9.18. The van der Waals surface area contributed by atoms with Crippen LogP contribution in [0.3, 0.4) is 0 Å². The van der Waals surface area contributed by atoms with Crippen LogP contribution in [0.1, 0.15) is 47.9 Å². The summed E-state index contributed by atoms with van der Waals surface area (Å²) in [4.78, 5) is 15.8. The number of likely N-dealkylation sites (tertiary alicyclic amines) is 1. The number of benzene rings is 1. The predicted molar refractivity (Wildman–Crippen MR) is 128 cm³/mol. The zero-order valence-electron chi connectivity index (χ0n) is 18.5. The van der Waals surface area contributed by atoms with Crippen LogP contribution in [-0.2, 0) is 0 Å². The van der Waals surface area contributed by atoms with Crippen molar-refractivity contribution in [1.82, 2.24) is 14.9 Å². The van der Waals surface area contributed by atoms with Crippen LogP contribution in [-0.4, -0.2) is 52.2 Å². The Morgan fingerprint density at radius 1 is 1.00 bits per heavy atom. The highest BCUT2D eigenvalue weighted by Gasteiger charge is 2.32. The topological polar surface area (TPSA) is 52.5 Å². The molecule has 164 valence electrons. The summed E-state index contributed by atoms with van der Waals surface area (Å²) >= 11 is 1.67. The van der Waals surface area contributed by atoms with Crippen molar-refractivity contribution in [2.24, 2.45) is 5.92 Å². The van der Waals surface area contributed by atoms with E-state index in [0.717, 1.165) is 79.3 Å². The van der Waals surface area contributed by atoms with Gasteiger partial charge >= 0.3 is 0 Å². The molecule has 2 aromatic heterocycles. The molecule has 0 aliphatic carbocycles. The first-order valence-corrected chi connectivity index (χ1v) is 12.4. The van der Waals surface area contributed by atoms with Crippen molar-refractivity contribution in [2.75, 3.05) is 31.1 Å². The minimum absolute atomic E-state index is 0.291. The Kier molecular flexibility index (Phi) is 5.95. The van der Waals surface area contributed by atoms with Crippen LogP contribution in [0.2, 0.25) is 0 Å². The first-order valence-electron chi connectivity index (χ1n) is 11.5. The van der Waals surface area contributed by atoms with Crippen molar-refractivity contribution >= 4 is 28.2 Å². The van der Waals surface area contributed by atoms with Crippen molar-refractivity contribution < 1.29 is 5.11 Å². The molecule has 0 radical (unpaired) electrons. The van der Waals surface area contributed by atoms with Crippen LogP contribution >= 0.6 is 11.3 Å². The Morgan fingerprint density at radius 3 is 2.48 bits per heavy atom. The van der Waals surface area contributed by atoms with Gasteiger partial charge in [0.1, 0.15) is 0 Å². The van der Waals surface area contributed by atoms with Gasteiger partial charge in [-0.3, -0.25) is 0 Å². The summed E-state index contributed by atoms with van der Waals surface area (Å²) in [6.45, 7) is 8.43. The van der Waals surface area contributed by atoms with E-state index in [1.165, 1.54) is 5.56 Å². The normalized spacial score (nSPS) is 20.4. The van der Waals surface area contributed by atoms with Gasteiger partial charge in [0.05, 0.1) is 17.3 Å². The number of nitrogens with zero attached hydrogens (tertiary/aromatic N) is 4. The molecule has 31 heavy (non-hydrogen) atoms. The summed E-state index contributed by atoms with van der Waals surface area (Å²) in [5, 5.41) is 13.9. The van der Waals surface area contributed by atoms with Crippen molar-refractivity contribution in [1.29, 1.82) is 0 Å². The Balaban J connectivity index is 1.18. The number of hydrogen-bond acceptors (Lipinski definition) is 6. The molecule has 2 saturated heterocycles. The van der Waals surface area contributed by atoms with Crippen molar-refractivity contribution in [3.8, 4) is 0 Å². The van der Waals surface area contributed by atoms with E-state index in [4.69, 9.17) is 9.97 Å². The van der Waals surface area contributed by atoms with Crippen molar-refractivity contribution in [3.05, 3.63) is 51.8 Å². The minimum atomic E-state index is -0.291. The number of aryl methyl sites for hydroxylation is 2. The molecule has 5 nitrogen and oxygen atoms in total. The highest BCUT2D eigenvalue weighted by molar-refractivity contribution is 7.10. The SMILES string of the molecule is Cc1ccc2nc(N3CCC(N4CCC(C(O)c5cccs5)CC4)CC3)nc(C)c2c1. The second-order valence-corrected chi connectivity index (χ2v) is 10.2. The van der Waals surface area contributed by atoms with Crippen LogP contribution in [0.25, 0.3) is 10.9 Å². The Bertz CT molecular complexity index is 1020. The number of thiophene rings is 1. The largest absolute Gasteiger partial charge is 0.387 e. The third-order valence-electron chi connectivity index (χ3n) is 7.15. The number of fused-ring (bicyclic) bond motifs is 1. The maximum atomic E-state index is 10.7. The van der Waals surface area contributed by atoms with Crippen LogP contribution in [0.5, 0.6) is 0 Å². The lowest BCUT2D eigenvalue weighted by molar-refractivity contribution is 0.0422. The smallest absolute Gasteiger partial charge is 0.226 e. The molecule has 6 heteroatoms. The van der Waals surface area contributed by atoms with E-state index < -0.39 is 0 Å². The summed E-state index contributed by atoms with van der Waals surface area (Å²) < 4.78 is 0. The minimum Gasteiger partial charge on any atom is -0.387 e. The second kappa shape index (κ2) is 8.85. The molecule has 3 aromatic rings. The fraction of sp³-hybridized carbons (Fsp3) is 0.520. The summed E-state index contributed by atoms with van der Waals surface area (Å²) in [5.74, 6) is 1.28. The number of aliphatic hydroxyl groups excluding tert-OH is 1. The number of hydrogen-bond donors (Lipinski definition) is 1. The zero-order valence-corrected chi connectivity index (χ0v) is 19.3. The molecule has 0 saturated carbocycles. The molecular weight excluding hydrogens is 404 g/mol. The van der Waals surface area contributed by atoms with Gasteiger partial charge in [-0.25, -0.2) is 9.97 Å². The molecule has 2 fully saturated rings. The molecule has 2 aliphatic heterocycles. The lowest BCUT2D eigenvalue weighted by atomic mass is 9.89. The van der Waals surface area contributed by atoms with Crippen LogP contribution in [0, 0.1) is 19.8 Å². The molecule has 2 aliphatic rings. The highest BCUT2D eigenvalue weighted by Crippen LogP contribution is 2.34. The molecule has 1 atom stereocenters. The fourth-order valence-electron chi connectivity index (χ4n) is 5.24. The van der Waals surface area contributed by atoms with Crippen LogP contribution < -0.4 is 4.90 Å². The Hall–Kier alpha value is -2.02. The summed E-state index contributed by atoms with van der Waals surface area (Å²) in [5.41, 5.74) is 3.36. The standard InChI is InChI=1S/C25H32N4OS/c1-17-5-6-22-21(16-17)18(2)26-25(27-22)29-13-9-20(10-14-29)28-11-7-19(8-12-28)24(30)23-4-3-15-31-23/h3-6,15-16,19-20,24,30H,7-14H2,1-2H3. The monoisotopic (exact) mass is 436 g/mol. The van der Waals surface area contributed by atoms with Gasteiger partial charge in [-0.1, -0.05) is 17.7 Å². The van der Waals surface area contributed by atoms with Gasteiger partial charge < -0.3 is 14.9 Å². The lowest BCUT2D eigenvalue weighted by Crippen LogP contribution is -2.48. The van der Waals surface area contributed by atoms with Crippen LogP contribution in [0.15, 0.2) is 35.7 Å². The van der Waals surface area contributed by atoms with E-state index in [1.807, 2.05) is 6.07 Å². The van der Waals surface area contributed by atoms with E-state index in [-0.39, 0.29) is 6.10 Å². The summed E-state index contributed by atoms with van der Waals surface area (Å²) in [7, 11) is 0. The van der Waals surface area contributed by atoms with Gasteiger partial charge in [-0.2, -0.15) is 0 Å². The molecular formula is C25H32N4OS. The third kappa shape index (κ3) is 4.34. The van der Waals surface area contributed by atoms with Crippen LogP contribution in [0.4, 0.5) is 5.95 Å². The average Bonchev–Trinajstić information content (AvgIpc) is 3.34. The van der Waals surface area contributed by atoms with E-state index in [2.05, 4.69) is 53.3 Å². The number of piperidine rings is 2. The molecule has 1 aromatic carbocycles. The van der Waals surface area contributed by atoms with Crippen molar-refractivity contribution in [2.45, 2.75) is 51.7 Å². The molecule has 5 rings (SSSR count). The van der Waals surface area contributed by atoms with Gasteiger partial charge in [-0.15, -0.1) is 11.3 Å². The molecule has 0 bridgehead atoms.